The second-order valence-corrected chi connectivity index (χ2v) is 15.4. The number of carbonyl (C=O) groups is 1. The number of unbranched alkanes of at least 4 members (excludes halogenated alkanes) is 21. The first-order valence-corrected chi connectivity index (χ1v) is 20.7. The Kier molecular flexibility index (Phi) is 32.2. The third-order valence-electron chi connectivity index (χ3n) is 8.17. The van der Waals surface area contributed by atoms with Gasteiger partial charge in [0.25, 0.3) is 0 Å². The van der Waals surface area contributed by atoms with Crippen LogP contribution in [0.25, 0.3) is 0 Å². The lowest BCUT2D eigenvalue weighted by molar-refractivity contribution is -0.139. The molecular formula is C37H74O5Si. The number of hydrogen-bond acceptors (Lipinski definition) is 5. The highest BCUT2D eigenvalue weighted by molar-refractivity contribution is 6.60. The van der Waals surface area contributed by atoms with E-state index in [0.29, 0.717) is 44.5 Å². The summed E-state index contributed by atoms with van der Waals surface area (Å²) in [7, 11) is -2.87. The molecule has 0 bridgehead atoms. The molecule has 0 fully saturated rings. The molecule has 0 aliphatic carbocycles. The van der Waals surface area contributed by atoms with Gasteiger partial charge in [0, 0.05) is 31.4 Å². The minimum Gasteiger partial charge on any atom is -0.462 e. The van der Waals surface area contributed by atoms with Gasteiger partial charge in [-0.1, -0.05) is 162 Å². The third kappa shape index (κ3) is 28.5. The van der Waals surface area contributed by atoms with Gasteiger partial charge in [0.05, 0.1) is 6.61 Å². The van der Waals surface area contributed by atoms with Crippen LogP contribution in [0.3, 0.4) is 0 Å². The molecular weight excluding hydrogens is 552 g/mol. The first-order chi connectivity index (χ1) is 21.0. The molecule has 0 unspecified atom stereocenters. The first-order valence-electron chi connectivity index (χ1n) is 18.8. The molecule has 0 saturated heterocycles. The van der Waals surface area contributed by atoms with E-state index >= 15 is 0 Å². The maximum Gasteiger partial charge on any atom is 0.501 e. The van der Waals surface area contributed by atoms with Crippen molar-refractivity contribution in [3.63, 3.8) is 0 Å². The Morgan fingerprint density at radius 2 is 0.767 bits per heavy atom. The fraction of sp³-hybridized carbons (Fsp3) is 0.919. The molecule has 256 valence electrons. The van der Waals surface area contributed by atoms with Gasteiger partial charge in [0.2, 0.25) is 0 Å². The van der Waals surface area contributed by atoms with Crippen LogP contribution in [0.15, 0.2) is 12.2 Å². The predicted molar refractivity (Wildman–Crippen MR) is 187 cm³/mol. The van der Waals surface area contributed by atoms with Gasteiger partial charge in [0.15, 0.2) is 0 Å². The zero-order chi connectivity index (χ0) is 31.7. The predicted octanol–water partition coefficient (Wildman–Crippen LogP) is 11.9. The highest BCUT2D eigenvalue weighted by atomic mass is 28.4. The normalized spacial score (nSPS) is 11.7. The number of ether oxygens (including phenoxy) is 1. The van der Waals surface area contributed by atoms with Crippen LogP contribution in [-0.4, -0.2) is 41.2 Å². The van der Waals surface area contributed by atoms with Crippen molar-refractivity contribution in [1.82, 2.24) is 0 Å². The molecule has 0 spiro atoms. The Morgan fingerprint density at radius 3 is 1.07 bits per heavy atom. The standard InChI is InChI=1S/C37H74O5Si/c1-6-9-12-15-18-21-24-27-32-40-43(35-30-31-39-37(38)36(4)5,41-33-28-25-22-19-16-13-10-7-2)42-34-29-26-23-20-17-14-11-8-3/h4,6-35H2,1-3,5H3. The quantitative estimate of drug-likeness (QED) is 0.0303. The van der Waals surface area contributed by atoms with Crippen LogP contribution in [0.2, 0.25) is 6.04 Å². The van der Waals surface area contributed by atoms with E-state index in [-0.39, 0.29) is 5.97 Å². The summed E-state index contributed by atoms with van der Waals surface area (Å²) in [4.78, 5) is 11.9. The summed E-state index contributed by atoms with van der Waals surface area (Å²) >= 11 is 0. The van der Waals surface area contributed by atoms with Crippen molar-refractivity contribution in [1.29, 1.82) is 0 Å². The molecule has 0 aromatic carbocycles. The van der Waals surface area contributed by atoms with Gasteiger partial charge >= 0.3 is 14.8 Å². The van der Waals surface area contributed by atoms with Crippen LogP contribution in [0, 0.1) is 0 Å². The molecule has 6 heteroatoms. The molecule has 0 amide bonds. The second-order valence-electron chi connectivity index (χ2n) is 12.7. The maximum atomic E-state index is 11.9. The minimum absolute atomic E-state index is 0.327. The van der Waals surface area contributed by atoms with Crippen LogP contribution in [0.4, 0.5) is 0 Å². The summed E-state index contributed by atoms with van der Waals surface area (Å²) in [5.74, 6) is -0.327. The maximum absolute atomic E-state index is 11.9. The van der Waals surface area contributed by atoms with Crippen molar-refractivity contribution in [3.8, 4) is 0 Å². The lowest BCUT2D eigenvalue weighted by Crippen LogP contribution is -2.47. The highest BCUT2D eigenvalue weighted by Gasteiger charge is 2.40. The summed E-state index contributed by atoms with van der Waals surface area (Å²) in [5, 5.41) is 0. The average Bonchev–Trinajstić information content (AvgIpc) is 3.00. The van der Waals surface area contributed by atoms with Crippen molar-refractivity contribution in [2.24, 2.45) is 0 Å². The Morgan fingerprint density at radius 1 is 0.465 bits per heavy atom. The molecule has 0 saturated carbocycles. The van der Waals surface area contributed by atoms with Crippen molar-refractivity contribution < 1.29 is 22.8 Å². The van der Waals surface area contributed by atoms with Crippen LogP contribution in [0.1, 0.15) is 188 Å². The molecule has 0 heterocycles. The Labute approximate surface area is 270 Å². The number of esters is 1. The van der Waals surface area contributed by atoms with E-state index < -0.39 is 8.80 Å². The van der Waals surface area contributed by atoms with Gasteiger partial charge in [-0.3, -0.25) is 0 Å². The molecule has 0 aromatic rings. The summed E-state index contributed by atoms with van der Waals surface area (Å²) in [6, 6.07) is 0.696. The molecule has 0 aromatic heterocycles. The zero-order valence-corrected chi connectivity index (χ0v) is 30.5. The van der Waals surface area contributed by atoms with E-state index in [4.69, 9.17) is 18.0 Å². The summed E-state index contributed by atoms with van der Waals surface area (Å²) in [5.41, 5.74) is 0.436. The van der Waals surface area contributed by atoms with E-state index in [1.54, 1.807) is 6.92 Å². The highest BCUT2D eigenvalue weighted by Crippen LogP contribution is 2.22. The van der Waals surface area contributed by atoms with E-state index in [1.807, 2.05) is 0 Å². The van der Waals surface area contributed by atoms with Crippen LogP contribution >= 0.6 is 0 Å². The van der Waals surface area contributed by atoms with Gasteiger partial charge in [-0.05, 0) is 32.6 Å². The number of rotatable bonds is 35. The van der Waals surface area contributed by atoms with Gasteiger partial charge in [-0.25, -0.2) is 4.79 Å². The van der Waals surface area contributed by atoms with Crippen LogP contribution < -0.4 is 0 Å². The van der Waals surface area contributed by atoms with Gasteiger partial charge in [-0.2, -0.15) is 0 Å². The molecule has 0 N–H and O–H groups in total. The van der Waals surface area contributed by atoms with E-state index in [0.717, 1.165) is 19.3 Å². The Hall–Kier alpha value is -0.693. The summed E-state index contributed by atoms with van der Waals surface area (Å²) < 4.78 is 25.2. The zero-order valence-electron chi connectivity index (χ0n) is 29.5. The van der Waals surface area contributed by atoms with Crippen molar-refractivity contribution in [3.05, 3.63) is 12.2 Å². The van der Waals surface area contributed by atoms with Crippen molar-refractivity contribution in [2.45, 2.75) is 194 Å². The van der Waals surface area contributed by atoms with Crippen molar-refractivity contribution >= 4 is 14.8 Å². The fourth-order valence-electron chi connectivity index (χ4n) is 5.31. The lowest BCUT2D eigenvalue weighted by Gasteiger charge is -2.30. The van der Waals surface area contributed by atoms with E-state index in [9.17, 15) is 4.79 Å². The van der Waals surface area contributed by atoms with E-state index in [2.05, 4.69) is 27.4 Å². The van der Waals surface area contributed by atoms with Crippen LogP contribution in [-0.2, 0) is 22.8 Å². The summed E-state index contributed by atoms with van der Waals surface area (Å²) in [6.45, 7) is 14.6. The fourth-order valence-corrected chi connectivity index (χ4v) is 7.94. The molecule has 5 nitrogen and oxygen atoms in total. The summed E-state index contributed by atoms with van der Waals surface area (Å²) in [6.07, 6.45) is 31.3. The number of carbonyl (C=O) groups excluding carboxylic acids is 1. The van der Waals surface area contributed by atoms with E-state index in [1.165, 1.54) is 135 Å². The Balaban J connectivity index is 4.92. The smallest absolute Gasteiger partial charge is 0.462 e. The molecule has 0 radical (unpaired) electrons. The second kappa shape index (κ2) is 32.7. The largest absolute Gasteiger partial charge is 0.501 e. The van der Waals surface area contributed by atoms with Gasteiger partial charge < -0.3 is 18.0 Å². The molecule has 0 rings (SSSR count). The minimum atomic E-state index is -2.87. The monoisotopic (exact) mass is 627 g/mol. The van der Waals surface area contributed by atoms with Gasteiger partial charge in [-0.15, -0.1) is 0 Å². The average molecular weight is 627 g/mol. The topological polar surface area (TPSA) is 54.0 Å². The SMILES string of the molecule is C=C(C)C(=O)OCCC[Si](OCCCCCCCCCC)(OCCCCCCCCCC)OCCCCCCCCCC. The lowest BCUT2D eigenvalue weighted by atomic mass is 10.1. The number of hydrogen-bond donors (Lipinski definition) is 0. The first kappa shape index (κ1) is 42.3. The Bertz CT molecular complexity index is 557. The van der Waals surface area contributed by atoms with Crippen molar-refractivity contribution in [2.75, 3.05) is 26.4 Å². The molecule has 0 aliphatic rings. The molecule has 0 aliphatic heterocycles. The third-order valence-corrected chi connectivity index (χ3v) is 11.1. The van der Waals surface area contributed by atoms with Crippen LogP contribution in [0.5, 0.6) is 0 Å². The molecule has 0 atom stereocenters. The van der Waals surface area contributed by atoms with Gasteiger partial charge in [0.1, 0.15) is 0 Å². The molecule has 43 heavy (non-hydrogen) atoms.